The highest BCUT2D eigenvalue weighted by Crippen LogP contribution is 2.46. The number of nitrogens with one attached hydrogen (secondary N) is 1. The molecule has 2 aliphatic heterocycles. The molecule has 5 heteroatoms. The van der Waals surface area contributed by atoms with Crippen LogP contribution in [0.4, 0.5) is 10.5 Å². The molecule has 2 aromatic carbocycles. The van der Waals surface area contributed by atoms with Gasteiger partial charge < -0.3 is 14.8 Å². The Kier molecular flexibility index (Phi) is 3.20. The number of amides is 2. The van der Waals surface area contributed by atoms with Crippen molar-refractivity contribution in [2.75, 3.05) is 12.0 Å². The van der Waals surface area contributed by atoms with Crippen LogP contribution in [0.3, 0.4) is 0 Å². The number of ether oxygens (including phenoxy) is 2. The van der Waals surface area contributed by atoms with Gasteiger partial charge in [0.1, 0.15) is 11.5 Å². The first-order valence-electron chi connectivity index (χ1n) is 8.04. The van der Waals surface area contributed by atoms with Gasteiger partial charge in [0.2, 0.25) is 0 Å². The van der Waals surface area contributed by atoms with Crippen LogP contribution in [0.25, 0.3) is 0 Å². The first kappa shape index (κ1) is 14.9. The Bertz CT molecular complexity index is 820. The number of benzene rings is 2. The molecular formula is C19H20N2O3. The van der Waals surface area contributed by atoms with E-state index in [1.54, 1.807) is 12.0 Å². The maximum absolute atomic E-state index is 12.8. The minimum atomic E-state index is -0.735. The molecule has 0 spiro atoms. The summed E-state index contributed by atoms with van der Waals surface area (Å²) in [5, 5.41) is 3.11. The molecule has 0 aliphatic carbocycles. The van der Waals surface area contributed by atoms with Crippen molar-refractivity contribution in [3.63, 3.8) is 0 Å². The van der Waals surface area contributed by atoms with Crippen LogP contribution in [0, 0.1) is 6.92 Å². The van der Waals surface area contributed by atoms with Crippen molar-refractivity contribution in [2.24, 2.45) is 0 Å². The van der Waals surface area contributed by atoms with Gasteiger partial charge in [0.05, 0.1) is 18.8 Å². The number of hydrogen-bond acceptors (Lipinski definition) is 3. The minimum Gasteiger partial charge on any atom is -0.497 e. The Morgan fingerprint density at radius 2 is 2.12 bits per heavy atom. The number of carbonyl (C=O) groups is 1. The Morgan fingerprint density at radius 1 is 1.29 bits per heavy atom. The van der Waals surface area contributed by atoms with Crippen molar-refractivity contribution in [2.45, 2.75) is 32.0 Å². The fourth-order valence-electron chi connectivity index (χ4n) is 3.63. The second-order valence-electron chi connectivity index (χ2n) is 6.56. The summed E-state index contributed by atoms with van der Waals surface area (Å²) in [5.74, 6) is 1.53. The molecule has 0 saturated carbocycles. The fraction of sp³-hybridized carbons (Fsp3) is 0.316. The van der Waals surface area contributed by atoms with E-state index in [1.165, 1.54) is 0 Å². The van der Waals surface area contributed by atoms with Gasteiger partial charge in [-0.3, -0.25) is 4.90 Å². The normalized spacial score (nSPS) is 24.7. The molecule has 5 nitrogen and oxygen atoms in total. The number of anilines is 1. The average molecular weight is 324 g/mol. The number of aryl methyl sites for hydroxylation is 1. The molecule has 2 heterocycles. The summed E-state index contributed by atoms with van der Waals surface area (Å²) in [6.07, 6.45) is 0.687. The summed E-state index contributed by atoms with van der Waals surface area (Å²) in [5.41, 5.74) is 2.22. The zero-order valence-corrected chi connectivity index (χ0v) is 14.0. The van der Waals surface area contributed by atoms with Crippen LogP contribution in [0.1, 0.15) is 30.5 Å². The highest BCUT2D eigenvalue weighted by Gasteiger charge is 2.49. The largest absolute Gasteiger partial charge is 0.497 e. The quantitative estimate of drug-likeness (QED) is 0.915. The van der Waals surface area contributed by atoms with Crippen molar-refractivity contribution in [3.8, 4) is 11.5 Å². The molecule has 124 valence electrons. The molecule has 1 fully saturated rings. The Hall–Kier alpha value is -2.69. The number of nitrogens with zero attached hydrogens (tertiary/aromatic N) is 1. The number of urea groups is 1. The first-order valence-corrected chi connectivity index (χ1v) is 8.04. The molecular weight excluding hydrogens is 304 g/mol. The zero-order valence-electron chi connectivity index (χ0n) is 14.0. The number of rotatable bonds is 2. The lowest BCUT2D eigenvalue weighted by Gasteiger charge is -2.50. The molecule has 0 unspecified atom stereocenters. The van der Waals surface area contributed by atoms with E-state index in [-0.39, 0.29) is 12.1 Å². The molecule has 2 bridgehead atoms. The molecule has 1 saturated heterocycles. The predicted octanol–water partition coefficient (Wildman–Crippen LogP) is 3.77. The topological polar surface area (TPSA) is 50.8 Å². The van der Waals surface area contributed by atoms with Crippen LogP contribution in [0.15, 0.2) is 42.5 Å². The maximum atomic E-state index is 12.8. The summed E-state index contributed by atoms with van der Waals surface area (Å²) in [6.45, 7) is 4.00. The van der Waals surface area contributed by atoms with Crippen LogP contribution >= 0.6 is 0 Å². The van der Waals surface area contributed by atoms with Crippen molar-refractivity contribution < 1.29 is 14.3 Å². The lowest BCUT2D eigenvalue weighted by molar-refractivity contribution is 0.0378. The van der Waals surface area contributed by atoms with Crippen molar-refractivity contribution in [3.05, 3.63) is 53.6 Å². The molecule has 2 aliphatic rings. The number of methoxy groups -OCH3 is 1. The molecule has 4 rings (SSSR count). The van der Waals surface area contributed by atoms with E-state index in [1.807, 2.05) is 50.2 Å². The number of carbonyl (C=O) groups excluding carboxylic acids is 1. The van der Waals surface area contributed by atoms with Gasteiger partial charge in [-0.25, -0.2) is 4.79 Å². The van der Waals surface area contributed by atoms with Gasteiger partial charge >= 0.3 is 6.03 Å². The molecule has 2 atom stereocenters. The van der Waals surface area contributed by atoms with E-state index >= 15 is 0 Å². The standard InChI is InChI=1S/C19H20N2O3/c1-12-7-8-17-15(9-12)16-11-19(2,24-17)21(18(22)20-16)13-5-4-6-14(10-13)23-3/h4-10,16H,11H2,1-3H3,(H,20,22)/t16-,19-/m1/s1. The SMILES string of the molecule is COc1cccc(N2C(=O)N[C@@H]3C[C@@]2(C)Oc2ccc(C)cc23)c1. The Labute approximate surface area is 141 Å². The lowest BCUT2D eigenvalue weighted by atomic mass is 9.89. The molecule has 0 aromatic heterocycles. The zero-order chi connectivity index (χ0) is 16.9. The Balaban J connectivity index is 1.79. The molecule has 2 amide bonds. The summed E-state index contributed by atoms with van der Waals surface area (Å²) >= 11 is 0. The third-order valence-electron chi connectivity index (χ3n) is 4.74. The van der Waals surface area contributed by atoms with Gasteiger partial charge in [0, 0.05) is 18.1 Å². The smallest absolute Gasteiger partial charge is 0.325 e. The van der Waals surface area contributed by atoms with Gasteiger partial charge in [0.25, 0.3) is 0 Å². The van der Waals surface area contributed by atoms with Crippen molar-refractivity contribution in [1.82, 2.24) is 5.32 Å². The Morgan fingerprint density at radius 3 is 2.92 bits per heavy atom. The predicted molar refractivity (Wildman–Crippen MR) is 91.6 cm³/mol. The van der Waals surface area contributed by atoms with E-state index in [4.69, 9.17) is 9.47 Å². The van der Waals surface area contributed by atoms with Gasteiger partial charge in [0.15, 0.2) is 5.72 Å². The minimum absolute atomic E-state index is 0.0343. The highest BCUT2D eigenvalue weighted by molar-refractivity contribution is 5.95. The third-order valence-corrected chi connectivity index (χ3v) is 4.74. The van der Waals surface area contributed by atoms with Gasteiger partial charge in [-0.15, -0.1) is 0 Å². The monoisotopic (exact) mass is 324 g/mol. The molecule has 2 aromatic rings. The summed E-state index contributed by atoms with van der Waals surface area (Å²) in [7, 11) is 1.61. The molecule has 1 N–H and O–H groups in total. The average Bonchev–Trinajstić information content (AvgIpc) is 2.55. The summed E-state index contributed by atoms with van der Waals surface area (Å²) in [4.78, 5) is 14.5. The van der Waals surface area contributed by atoms with Crippen LogP contribution in [-0.4, -0.2) is 18.9 Å². The van der Waals surface area contributed by atoms with Gasteiger partial charge in [-0.05, 0) is 32.0 Å². The summed E-state index contributed by atoms with van der Waals surface area (Å²) in [6, 6.07) is 13.4. The maximum Gasteiger partial charge on any atom is 0.325 e. The van der Waals surface area contributed by atoms with Gasteiger partial charge in [-0.2, -0.15) is 0 Å². The van der Waals surface area contributed by atoms with Crippen molar-refractivity contribution in [1.29, 1.82) is 0 Å². The van der Waals surface area contributed by atoms with Crippen LogP contribution in [0.2, 0.25) is 0 Å². The second kappa shape index (κ2) is 5.16. The van der Waals surface area contributed by atoms with E-state index in [2.05, 4.69) is 11.4 Å². The fourth-order valence-corrected chi connectivity index (χ4v) is 3.63. The van der Waals surface area contributed by atoms with E-state index in [0.29, 0.717) is 12.2 Å². The van der Waals surface area contributed by atoms with Crippen molar-refractivity contribution >= 4 is 11.7 Å². The number of hydrogen-bond donors (Lipinski definition) is 1. The van der Waals surface area contributed by atoms with E-state index < -0.39 is 5.72 Å². The first-order chi connectivity index (χ1) is 11.5. The van der Waals surface area contributed by atoms with Crippen LogP contribution < -0.4 is 19.7 Å². The third kappa shape index (κ3) is 2.19. The lowest BCUT2D eigenvalue weighted by Crippen LogP contribution is -2.65. The van der Waals surface area contributed by atoms with E-state index in [0.717, 1.165) is 22.6 Å². The highest BCUT2D eigenvalue weighted by atomic mass is 16.5. The summed E-state index contributed by atoms with van der Waals surface area (Å²) < 4.78 is 11.6. The van der Waals surface area contributed by atoms with Crippen LogP contribution in [0.5, 0.6) is 11.5 Å². The van der Waals surface area contributed by atoms with Gasteiger partial charge in [-0.1, -0.05) is 23.8 Å². The number of fused-ring (bicyclic) bond motifs is 4. The van der Waals surface area contributed by atoms with Crippen LogP contribution in [-0.2, 0) is 0 Å². The second-order valence-corrected chi connectivity index (χ2v) is 6.56. The van der Waals surface area contributed by atoms with E-state index in [9.17, 15) is 4.79 Å². The molecule has 24 heavy (non-hydrogen) atoms. The molecule has 0 radical (unpaired) electrons.